The molecule has 36 heavy (non-hydrogen) atoms. The molecule has 0 bridgehead atoms. The fourth-order valence-corrected chi connectivity index (χ4v) is 5.59. The van der Waals surface area contributed by atoms with Crippen LogP contribution in [0.15, 0.2) is 83.3 Å². The third kappa shape index (κ3) is 4.64. The molecule has 1 atom stereocenters. The molecule has 6 nitrogen and oxygen atoms in total. The fraction of sp³-hybridized carbons (Fsp3) is 0.185. The van der Waals surface area contributed by atoms with Gasteiger partial charge in [0, 0.05) is 11.3 Å². The molecule has 0 aliphatic rings. The molecule has 182 valence electrons. The van der Waals surface area contributed by atoms with Crippen LogP contribution in [-0.2, 0) is 4.79 Å². The number of nitrogens with one attached hydrogen (secondary N) is 1. The number of nitrogens with zero attached hydrogens (tertiary/aromatic N) is 4. The summed E-state index contributed by atoms with van der Waals surface area (Å²) >= 11 is 2.85. The molecule has 0 radical (unpaired) electrons. The monoisotopic (exact) mass is 517 g/mol. The summed E-state index contributed by atoms with van der Waals surface area (Å²) in [6, 6.07) is 22.4. The number of aromatic nitrogens is 4. The molecule has 0 fully saturated rings. The van der Waals surface area contributed by atoms with Gasteiger partial charge in [-0.1, -0.05) is 73.3 Å². The van der Waals surface area contributed by atoms with Crippen molar-refractivity contribution in [1.29, 1.82) is 0 Å². The van der Waals surface area contributed by atoms with Crippen LogP contribution in [0.3, 0.4) is 0 Å². The highest BCUT2D eigenvalue weighted by Gasteiger charge is 2.39. The molecule has 0 aliphatic heterocycles. The Labute approximate surface area is 216 Å². The summed E-state index contributed by atoms with van der Waals surface area (Å²) in [7, 11) is 0. The Hall–Kier alpha value is -3.56. The van der Waals surface area contributed by atoms with Crippen molar-refractivity contribution in [2.75, 3.05) is 11.6 Å². The summed E-state index contributed by atoms with van der Waals surface area (Å²) in [6.45, 7) is 3.89. The quantitative estimate of drug-likeness (QED) is 0.196. The highest BCUT2D eigenvalue weighted by Crippen LogP contribution is 2.43. The third-order valence-corrected chi connectivity index (χ3v) is 8.05. The molecule has 1 unspecified atom stereocenters. The molecule has 2 aromatic heterocycles. The van der Waals surface area contributed by atoms with E-state index in [1.54, 1.807) is 23.0 Å². The molecule has 3 aromatic carbocycles. The van der Waals surface area contributed by atoms with Crippen molar-refractivity contribution < 1.29 is 9.18 Å². The molecule has 0 spiro atoms. The number of carbonyl (C=O) groups excluding carboxylic acids is 1. The van der Waals surface area contributed by atoms with Gasteiger partial charge in [0.1, 0.15) is 5.82 Å². The third-order valence-electron chi connectivity index (χ3n) is 6.24. The average molecular weight is 518 g/mol. The first-order valence-electron chi connectivity index (χ1n) is 11.3. The lowest BCUT2D eigenvalue weighted by Crippen LogP contribution is -2.37. The molecule has 0 aliphatic carbocycles. The lowest BCUT2D eigenvalue weighted by Gasteiger charge is -2.33. The van der Waals surface area contributed by atoms with Crippen LogP contribution in [0.5, 0.6) is 0 Å². The summed E-state index contributed by atoms with van der Waals surface area (Å²) in [5, 5.41) is 17.1. The summed E-state index contributed by atoms with van der Waals surface area (Å²) in [6.07, 6.45) is 3.72. The first-order chi connectivity index (χ1) is 17.4. The molecule has 0 saturated carbocycles. The lowest BCUT2D eigenvalue weighted by atomic mass is 9.70. The van der Waals surface area contributed by atoms with Gasteiger partial charge in [0.25, 0.3) is 0 Å². The second-order valence-corrected chi connectivity index (χ2v) is 11.0. The first kappa shape index (κ1) is 24.1. The topological polar surface area (TPSA) is 72.7 Å². The number of fused-ring (bicyclic) bond motifs is 1. The van der Waals surface area contributed by atoms with Gasteiger partial charge in [0.05, 0.1) is 22.8 Å². The molecular weight excluding hydrogens is 493 g/mol. The summed E-state index contributed by atoms with van der Waals surface area (Å²) in [5.74, 6) is -0.658. The van der Waals surface area contributed by atoms with Crippen molar-refractivity contribution in [3.05, 3.63) is 95.9 Å². The SMILES string of the molecule is CSc1nnc(NC(=O)C(C)(C)C(c2ccccc2)c2ccc3c(cnn3-c3ccc(F)cc3)c2)s1. The van der Waals surface area contributed by atoms with E-state index < -0.39 is 5.41 Å². The van der Waals surface area contributed by atoms with Gasteiger partial charge in [0.15, 0.2) is 4.34 Å². The van der Waals surface area contributed by atoms with Crippen LogP contribution in [0.2, 0.25) is 0 Å². The molecule has 5 aromatic rings. The van der Waals surface area contributed by atoms with Crippen LogP contribution in [0, 0.1) is 11.2 Å². The minimum atomic E-state index is -0.812. The predicted molar refractivity (Wildman–Crippen MR) is 143 cm³/mol. The Balaban J connectivity index is 1.54. The van der Waals surface area contributed by atoms with Gasteiger partial charge >= 0.3 is 0 Å². The molecule has 2 heterocycles. The van der Waals surface area contributed by atoms with Crippen LogP contribution >= 0.6 is 23.1 Å². The second kappa shape index (κ2) is 9.83. The maximum atomic E-state index is 13.6. The van der Waals surface area contributed by atoms with Gasteiger partial charge < -0.3 is 5.32 Å². The Kier molecular flexibility index (Phi) is 6.59. The molecule has 1 N–H and O–H groups in total. The number of benzene rings is 3. The Morgan fingerprint density at radius 1 is 1.03 bits per heavy atom. The van der Waals surface area contributed by atoms with Crippen LogP contribution in [0.4, 0.5) is 9.52 Å². The van der Waals surface area contributed by atoms with Gasteiger partial charge in [-0.2, -0.15) is 5.10 Å². The standard InChI is InChI=1S/C27H24FN5OS2/c1-27(2,24(34)30-25-31-32-26(35-3)36-25)23(17-7-5-4-6-8-17)18-9-14-22-19(15-18)16-29-33(22)21-12-10-20(28)11-13-21/h4-16,23H,1-3H3,(H,30,31,34). The number of carbonyl (C=O) groups is 1. The van der Waals surface area contributed by atoms with Crippen LogP contribution in [-0.4, -0.2) is 32.1 Å². The lowest BCUT2D eigenvalue weighted by molar-refractivity contribution is -0.124. The van der Waals surface area contributed by atoms with Gasteiger partial charge in [-0.25, -0.2) is 9.07 Å². The molecule has 5 rings (SSSR count). The van der Waals surface area contributed by atoms with Crippen molar-refractivity contribution in [1.82, 2.24) is 20.0 Å². The molecule has 0 saturated heterocycles. The number of thioether (sulfide) groups is 1. The number of hydrogen-bond donors (Lipinski definition) is 1. The average Bonchev–Trinajstić information content (AvgIpc) is 3.52. The highest BCUT2D eigenvalue weighted by atomic mass is 32.2. The fourth-order valence-electron chi connectivity index (χ4n) is 4.42. The van der Waals surface area contributed by atoms with Gasteiger partial charge in [0.2, 0.25) is 11.0 Å². The minimum Gasteiger partial charge on any atom is -0.300 e. The summed E-state index contributed by atoms with van der Waals surface area (Å²) in [5.41, 5.74) is 2.89. The summed E-state index contributed by atoms with van der Waals surface area (Å²) in [4.78, 5) is 13.6. The van der Waals surface area contributed by atoms with E-state index in [4.69, 9.17) is 0 Å². The molecular formula is C27H24FN5OS2. The normalized spacial score (nSPS) is 12.6. The zero-order chi connectivity index (χ0) is 25.3. The highest BCUT2D eigenvalue weighted by molar-refractivity contribution is 8.00. The summed E-state index contributed by atoms with van der Waals surface area (Å²) < 4.78 is 16.0. The Morgan fingerprint density at radius 3 is 2.47 bits per heavy atom. The molecule has 1 amide bonds. The Bertz CT molecular complexity index is 1510. The van der Waals surface area contributed by atoms with Crippen LogP contribution in [0.1, 0.15) is 30.9 Å². The van der Waals surface area contributed by atoms with E-state index in [0.717, 1.165) is 32.1 Å². The smallest absolute Gasteiger partial charge is 0.232 e. The van der Waals surface area contributed by atoms with E-state index in [9.17, 15) is 9.18 Å². The first-order valence-corrected chi connectivity index (χ1v) is 13.4. The largest absolute Gasteiger partial charge is 0.300 e. The van der Waals surface area contributed by atoms with Gasteiger partial charge in [-0.15, -0.1) is 10.2 Å². The number of amides is 1. The van der Waals surface area contributed by atoms with Crippen LogP contribution in [0.25, 0.3) is 16.6 Å². The maximum absolute atomic E-state index is 13.6. The number of rotatable bonds is 7. The van der Waals surface area contributed by atoms with Crippen molar-refractivity contribution in [2.45, 2.75) is 24.1 Å². The predicted octanol–water partition coefficient (Wildman–Crippen LogP) is 6.53. The van der Waals surface area contributed by atoms with E-state index >= 15 is 0 Å². The second-order valence-electron chi connectivity index (χ2n) is 8.95. The van der Waals surface area contributed by atoms with Gasteiger partial charge in [-0.3, -0.25) is 4.79 Å². The van der Waals surface area contributed by atoms with E-state index in [-0.39, 0.29) is 17.6 Å². The zero-order valence-corrected chi connectivity index (χ0v) is 21.6. The maximum Gasteiger partial charge on any atom is 0.232 e. The van der Waals surface area contributed by atoms with Crippen molar-refractivity contribution in [3.63, 3.8) is 0 Å². The van der Waals surface area contributed by atoms with Gasteiger partial charge in [-0.05, 0) is 53.8 Å². The minimum absolute atomic E-state index is 0.137. The van der Waals surface area contributed by atoms with Crippen molar-refractivity contribution in [2.24, 2.45) is 5.41 Å². The molecule has 9 heteroatoms. The van der Waals surface area contributed by atoms with E-state index in [1.807, 2.05) is 62.6 Å². The number of anilines is 1. The number of hydrogen-bond acceptors (Lipinski definition) is 6. The zero-order valence-electron chi connectivity index (χ0n) is 20.0. The van der Waals surface area contributed by atoms with Crippen LogP contribution < -0.4 is 5.32 Å². The number of halogens is 1. The Morgan fingerprint density at radius 2 is 1.78 bits per heavy atom. The van der Waals surface area contributed by atoms with E-state index in [0.29, 0.717) is 5.13 Å². The van der Waals surface area contributed by atoms with Crippen molar-refractivity contribution in [3.8, 4) is 5.69 Å². The van der Waals surface area contributed by atoms with E-state index in [1.165, 1.54) is 35.2 Å². The van der Waals surface area contributed by atoms with E-state index in [2.05, 4.69) is 26.7 Å². The van der Waals surface area contributed by atoms with Crippen molar-refractivity contribution >= 4 is 45.0 Å².